The van der Waals surface area contributed by atoms with Crippen molar-refractivity contribution in [2.24, 2.45) is 0 Å². The van der Waals surface area contributed by atoms with Crippen molar-refractivity contribution in [1.82, 2.24) is 16.0 Å². The highest BCUT2D eigenvalue weighted by Gasteiger charge is 2.42. The van der Waals surface area contributed by atoms with Crippen molar-refractivity contribution in [1.29, 1.82) is 0 Å². The minimum atomic E-state index is -1.07. The largest absolute Gasteiger partial charge is 0.479 e. The average Bonchev–Trinajstić information content (AvgIpc) is 3.16. The number of benzene rings is 1. The summed E-state index contributed by atoms with van der Waals surface area (Å²) in [5.41, 5.74) is 0.561. The van der Waals surface area contributed by atoms with Gasteiger partial charge in [-0.1, -0.05) is 36.8 Å². The number of fused-ring (bicyclic) bond motifs is 1. The predicted octanol–water partition coefficient (Wildman–Crippen LogP) is 1.65. The SMILES string of the molecule is O=C(CCCCC1SCC2NC(=O)NC21)N[C@@H](C(=O)O)c1ccccc1. The van der Waals surface area contributed by atoms with Gasteiger partial charge in [-0.25, -0.2) is 9.59 Å². The summed E-state index contributed by atoms with van der Waals surface area (Å²) >= 11 is 1.85. The monoisotopic (exact) mass is 377 g/mol. The number of aliphatic carboxylic acids is 1. The Balaban J connectivity index is 1.40. The number of carboxylic acid groups (broad SMARTS) is 1. The molecule has 2 aliphatic rings. The maximum atomic E-state index is 12.1. The number of carbonyl (C=O) groups is 3. The quantitative estimate of drug-likeness (QED) is 0.407. The summed E-state index contributed by atoms with van der Waals surface area (Å²) in [6.45, 7) is 0. The van der Waals surface area contributed by atoms with Crippen LogP contribution >= 0.6 is 11.8 Å². The van der Waals surface area contributed by atoms with E-state index in [-0.39, 0.29) is 24.0 Å². The fourth-order valence-electron chi connectivity index (χ4n) is 3.44. The van der Waals surface area contributed by atoms with Crippen molar-refractivity contribution in [2.45, 2.75) is 49.1 Å². The summed E-state index contributed by atoms with van der Waals surface area (Å²) in [4.78, 5) is 34.9. The van der Waals surface area contributed by atoms with E-state index >= 15 is 0 Å². The van der Waals surface area contributed by atoms with E-state index in [2.05, 4.69) is 16.0 Å². The van der Waals surface area contributed by atoms with Crippen molar-refractivity contribution >= 4 is 29.7 Å². The third-order valence-electron chi connectivity index (χ3n) is 4.77. The molecule has 3 unspecified atom stereocenters. The fourth-order valence-corrected chi connectivity index (χ4v) is 4.98. The molecule has 7 nitrogen and oxygen atoms in total. The number of amides is 3. The highest BCUT2D eigenvalue weighted by atomic mass is 32.2. The Morgan fingerprint density at radius 2 is 2.00 bits per heavy atom. The van der Waals surface area contributed by atoms with Crippen LogP contribution in [0.4, 0.5) is 4.79 Å². The highest BCUT2D eigenvalue weighted by molar-refractivity contribution is 8.00. The van der Waals surface area contributed by atoms with E-state index in [0.29, 0.717) is 23.7 Å². The van der Waals surface area contributed by atoms with Gasteiger partial charge in [0.2, 0.25) is 5.91 Å². The molecule has 0 aliphatic carbocycles. The average molecular weight is 377 g/mol. The Labute approximate surface area is 156 Å². The van der Waals surface area contributed by atoms with Crippen molar-refractivity contribution in [3.63, 3.8) is 0 Å². The second-order valence-electron chi connectivity index (χ2n) is 6.62. The zero-order valence-corrected chi connectivity index (χ0v) is 15.1. The van der Waals surface area contributed by atoms with E-state index in [1.54, 1.807) is 30.3 Å². The lowest BCUT2D eigenvalue weighted by Crippen LogP contribution is -2.36. The summed E-state index contributed by atoms with van der Waals surface area (Å²) in [5.74, 6) is -0.400. The smallest absolute Gasteiger partial charge is 0.330 e. The molecule has 0 spiro atoms. The van der Waals surface area contributed by atoms with E-state index in [1.165, 1.54) is 0 Å². The molecule has 4 atom stereocenters. The molecular formula is C18H23N3O4S. The highest BCUT2D eigenvalue weighted by Crippen LogP contribution is 2.33. The van der Waals surface area contributed by atoms with Crippen LogP contribution in [-0.2, 0) is 9.59 Å². The van der Waals surface area contributed by atoms with Crippen molar-refractivity contribution in [2.75, 3.05) is 5.75 Å². The van der Waals surface area contributed by atoms with E-state index in [1.807, 2.05) is 11.8 Å². The Kier molecular flexibility index (Phi) is 6.03. The van der Waals surface area contributed by atoms with Crippen LogP contribution in [0.3, 0.4) is 0 Å². The van der Waals surface area contributed by atoms with Crippen LogP contribution in [0.2, 0.25) is 0 Å². The van der Waals surface area contributed by atoms with Crippen LogP contribution in [0.5, 0.6) is 0 Å². The fraction of sp³-hybridized carbons (Fsp3) is 0.500. The second-order valence-corrected chi connectivity index (χ2v) is 7.89. The normalized spacial score (nSPS) is 25.1. The molecule has 140 valence electrons. The molecule has 3 rings (SSSR count). The molecule has 1 aromatic rings. The number of rotatable bonds is 8. The first-order valence-electron chi connectivity index (χ1n) is 8.80. The van der Waals surface area contributed by atoms with Crippen LogP contribution < -0.4 is 16.0 Å². The maximum absolute atomic E-state index is 12.1. The van der Waals surface area contributed by atoms with Gasteiger partial charge in [0.05, 0.1) is 12.1 Å². The van der Waals surface area contributed by atoms with Crippen molar-refractivity contribution < 1.29 is 19.5 Å². The Morgan fingerprint density at radius 1 is 1.23 bits per heavy atom. The van der Waals surface area contributed by atoms with Gasteiger partial charge in [-0.15, -0.1) is 0 Å². The molecular weight excluding hydrogens is 354 g/mol. The van der Waals surface area contributed by atoms with E-state index in [4.69, 9.17) is 0 Å². The van der Waals surface area contributed by atoms with Gasteiger partial charge in [-0.05, 0) is 18.4 Å². The Hall–Kier alpha value is -2.22. The molecule has 3 amide bonds. The maximum Gasteiger partial charge on any atom is 0.330 e. The molecule has 2 heterocycles. The molecule has 0 aromatic heterocycles. The lowest BCUT2D eigenvalue weighted by Gasteiger charge is -2.17. The molecule has 2 saturated heterocycles. The first-order valence-corrected chi connectivity index (χ1v) is 9.85. The molecule has 2 fully saturated rings. The Morgan fingerprint density at radius 3 is 2.73 bits per heavy atom. The number of urea groups is 1. The zero-order chi connectivity index (χ0) is 18.5. The minimum Gasteiger partial charge on any atom is -0.479 e. The van der Waals surface area contributed by atoms with Gasteiger partial charge in [-0.3, -0.25) is 4.79 Å². The van der Waals surface area contributed by atoms with Gasteiger partial charge in [-0.2, -0.15) is 11.8 Å². The standard InChI is InChI=1S/C18H23N3O4S/c22-14(20-15(17(23)24)11-6-2-1-3-7-11)9-5-4-8-13-16-12(10-26-13)19-18(25)21-16/h1-3,6-7,12-13,15-16H,4-5,8-10H2,(H,20,22)(H,23,24)(H2,19,21,25)/t12?,13?,15-,16?/m1/s1. The molecule has 8 heteroatoms. The number of hydrogen-bond donors (Lipinski definition) is 4. The lowest BCUT2D eigenvalue weighted by molar-refractivity contribution is -0.142. The van der Waals surface area contributed by atoms with Gasteiger partial charge in [0.25, 0.3) is 0 Å². The van der Waals surface area contributed by atoms with Crippen LogP contribution in [0.15, 0.2) is 30.3 Å². The summed E-state index contributed by atoms with van der Waals surface area (Å²) in [6, 6.07) is 7.96. The Bertz CT molecular complexity index is 670. The number of nitrogens with one attached hydrogen (secondary N) is 3. The van der Waals surface area contributed by atoms with Crippen molar-refractivity contribution in [3.8, 4) is 0 Å². The second kappa shape index (κ2) is 8.44. The molecule has 4 N–H and O–H groups in total. The molecule has 1 aromatic carbocycles. The van der Waals surface area contributed by atoms with Crippen LogP contribution in [0, 0.1) is 0 Å². The van der Waals surface area contributed by atoms with Gasteiger partial charge in [0.15, 0.2) is 6.04 Å². The number of unbranched alkanes of at least 4 members (excludes halogenated alkanes) is 1. The number of hydrogen-bond acceptors (Lipinski definition) is 4. The lowest BCUT2D eigenvalue weighted by atomic mass is 10.0. The van der Waals surface area contributed by atoms with E-state index < -0.39 is 12.0 Å². The topological polar surface area (TPSA) is 108 Å². The zero-order valence-electron chi connectivity index (χ0n) is 14.3. The summed E-state index contributed by atoms with van der Waals surface area (Å²) < 4.78 is 0. The van der Waals surface area contributed by atoms with Crippen molar-refractivity contribution in [3.05, 3.63) is 35.9 Å². The van der Waals surface area contributed by atoms with Gasteiger partial charge in [0, 0.05) is 17.4 Å². The third-order valence-corrected chi connectivity index (χ3v) is 6.27. The first kappa shape index (κ1) is 18.6. The molecule has 2 aliphatic heterocycles. The number of carbonyl (C=O) groups excluding carboxylic acids is 2. The van der Waals surface area contributed by atoms with Gasteiger partial charge < -0.3 is 21.1 Å². The molecule has 26 heavy (non-hydrogen) atoms. The summed E-state index contributed by atoms with van der Waals surface area (Å²) in [6.07, 6.45) is 2.80. The van der Waals surface area contributed by atoms with E-state index in [0.717, 1.165) is 18.6 Å². The molecule has 0 saturated carbocycles. The third kappa shape index (κ3) is 4.49. The predicted molar refractivity (Wildman–Crippen MR) is 98.9 cm³/mol. The van der Waals surface area contributed by atoms with Crippen LogP contribution in [0.1, 0.15) is 37.3 Å². The first-order chi connectivity index (χ1) is 12.5. The van der Waals surface area contributed by atoms with Crippen LogP contribution in [0.25, 0.3) is 0 Å². The van der Waals surface area contributed by atoms with Gasteiger partial charge in [0.1, 0.15) is 0 Å². The molecule has 0 radical (unpaired) electrons. The van der Waals surface area contributed by atoms with E-state index in [9.17, 15) is 19.5 Å². The summed E-state index contributed by atoms with van der Waals surface area (Å²) in [7, 11) is 0. The number of thioether (sulfide) groups is 1. The summed E-state index contributed by atoms with van der Waals surface area (Å²) in [5, 5.41) is 18.2. The van der Waals surface area contributed by atoms with Crippen LogP contribution in [-0.4, -0.2) is 46.1 Å². The molecule has 0 bridgehead atoms. The number of carboxylic acids is 1. The minimum absolute atomic E-state index is 0.0923. The van der Waals surface area contributed by atoms with Gasteiger partial charge >= 0.3 is 12.0 Å².